The molecule has 0 saturated heterocycles. The SMILES string of the molecule is CNC(c1ccc(C2CCC2)cc1)c1ccc(F)cn1. The summed E-state index contributed by atoms with van der Waals surface area (Å²) in [6.07, 6.45) is 5.25. The largest absolute Gasteiger partial charge is 0.308 e. The summed E-state index contributed by atoms with van der Waals surface area (Å²) < 4.78 is 13.0. The molecule has 0 radical (unpaired) electrons. The van der Waals surface area contributed by atoms with Crippen molar-refractivity contribution in [3.63, 3.8) is 0 Å². The molecular weight excluding hydrogens is 251 g/mol. The minimum Gasteiger partial charge on any atom is -0.308 e. The van der Waals surface area contributed by atoms with Crippen molar-refractivity contribution in [2.45, 2.75) is 31.2 Å². The second-order valence-electron chi connectivity index (χ2n) is 5.42. The number of aromatic nitrogens is 1. The van der Waals surface area contributed by atoms with Gasteiger partial charge in [-0.05, 0) is 49.1 Å². The Balaban J connectivity index is 1.83. The lowest BCUT2D eigenvalue weighted by atomic mass is 9.80. The molecule has 2 nitrogen and oxygen atoms in total. The number of halogens is 1. The number of hydrogen-bond acceptors (Lipinski definition) is 2. The Hall–Kier alpha value is -1.74. The molecule has 104 valence electrons. The fourth-order valence-corrected chi connectivity index (χ4v) is 2.75. The highest BCUT2D eigenvalue weighted by molar-refractivity contribution is 5.32. The fraction of sp³-hybridized carbons (Fsp3) is 0.353. The summed E-state index contributed by atoms with van der Waals surface area (Å²) in [5.74, 6) is 0.449. The molecular formula is C17H19FN2. The van der Waals surface area contributed by atoms with E-state index in [2.05, 4.69) is 34.6 Å². The van der Waals surface area contributed by atoms with Crippen LogP contribution in [0.4, 0.5) is 4.39 Å². The molecule has 0 bridgehead atoms. The van der Waals surface area contributed by atoms with Crippen molar-refractivity contribution in [3.05, 3.63) is 65.2 Å². The van der Waals surface area contributed by atoms with Crippen LogP contribution in [0, 0.1) is 5.82 Å². The summed E-state index contributed by atoms with van der Waals surface area (Å²) >= 11 is 0. The predicted octanol–water partition coefficient (Wildman–Crippen LogP) is 3.80. The molecule has 1 saturated carbocycles. The predicted molar refractivity (Wildman–Crippen MR) is 78.1 cm³/mol. The fourth-order valence-electron chi connectivity index (χ4n) is 2.75. The summed E-state index contributed by atoms with van der Waals surface area (Å²) in [4.78, 5) is 4.17. The monoisotopic (exact) mass is 270 g/mol. The molecule has 1 atom stereocenters. The van der Waals surface area contributed by atoms with E-state index < -0.39 is 0 Å². The van der Waals surface area contributed by atoms with Crippen LogP contribution in [0.2, 0.25) is 0 Å². The maximum Gasteiger partial charge on any atom is 0.141 e. The number of hydrogen-bond donors (Lipinski definition) is 1. The van der Waals surface area contributed by atoms with E-state index in [1.165, 1.54) is 37.1 Å². The normalized spacial score (nSPS) is 16.7. The first-order valence-corrected chi connectivity index (χ1v) is 7.16. The van der Waals surface area contributed by atoms with Crippen LogP contribution in [-0.4, -0.2) is 12.0 Å². The highest BCUT2D eigenvalue weighted by Crippen LogP contribution is 2.36. The molecule has 1 aromatic heterocycles. The third-order valence-electron chi connectivity index (χ3n) is 4.18. The second-order valence-corrected chi connectivity index (χ2v) is 5.42. The van der Waals surface area contributed by atoms with Gasteiger partial charge in [0.15, 0.2) is 0 Å². The van der Waals surface area contributed by atoms with Gasteiger partial charge in [0.1, 0.15) is 5.82 Å². The van der Waals surface area contributed by atoms with E-state index in [1.54, 1.807) is 6.07 Å². The zero-order valence-corrected chi connectivity index (χ0v) is 11.6. The van der Waals surface area contributed by atoms with Gasteiger partial charge in [0.2, 0.25) is 0 Å². The lowest BCUT2D eigenvalue weighted by Crippen LogP contribution is -2.19. The third kappa shape index (κ3) is 2.59. The van der Waals surface area contributed by atoms with Gasteiger partial charge in [-0.3, -0.25) is 4.98 Å². The van der Waals surface area contributed by atoms with E-state index in [1.807, 2.05) is 7.05 Å². The minimum absolute atomic E-state index is 0.00559. The van der Waals surface area contributed by atoms with Crippen LogP contribution >= 0.6 is 0 Å². The van der Waals surface area contributed by atoms with Crippen LogP contribution in [0.5, 0.6) is 0 Å². The molecule has 1 unspecified atom stereocenters. The van der Waals surface area contributed by atoms with E-state index in [0.29, 0.717) is 0 Å². The maximum atomic E-state index is 13.0. The van der Waals surface area contributed by atoms with Crippen molar-refractivity contribution >= 4 is 0 Å². The van der Waals surface area contributed by atoms with E-state index in [0.717, 1.165) is 17.2 Å². The van der Waals surface area contributed by atoms with Crippen molar-refractivity contribution in [1.82, 2.24) is 10.3 Å². The summed E-state index contributed by atoms with van der Waals surface area (Å²) in [7, 11) is 1.90. The van der Waals surface area contributed by atoms with Gasteiger partial charge in [-0.15, -0.1) is 0 Å². The summed E-state index contributed by atoms with van der Waals surface area (Å²) in [6.45, 7) is 0. The molecule has 20 heavy (non-hydrogen) atoms. The Labute approximate surface area is 119 Å². The molecule has 1 N–H and O–H groups in total. The van der Waals surface area contributed by atoms with Crippen LogP contribution < -0.4 is 5.32 Å². The van der Waals surface area contributed by atoms with Crippen molar-refractivity contribution in [2.75, 3.05) is 7.05 Å². The lowest BCUT2D eigenvalue weighted by molar-refractivity contribution is 0.419. The Morgan fingerprint density at radius 1 is 1.15 bits per heavy atom. The van der Waals surface area contributed by atoms with E-state index in [9.17, 15) is 4.39 Å². The molecule has 3 rings (SSSR count). The smallest absolute Gasteiger partial charge is 0.141 e. The summed E-state index contributed by atoms with van der Waals surface area (Å²) in [5.41, 5.74) is 3.43. The molecule has 1 aliphatic rings. The average Bonchev–Trinajstić information content (AvgIpc) is 2.42. The first kappa shape index (κ1) is 13.3. The standard InChI is InChI=1S/C17H19FN2/c1-19-17(16-10-9-15(18)11-20-16)14-7-5-13(6-8-14)12-3-2-4-12/h5-12,17,19H,2-4H2,1H3. The van der Waals surface area contributed by atoms with Gasteiger partial charge in [0.05, 0.1) is 17.9 Å². The van der Waals surface area contributed by atoms with Crippen molar-refractivity contribution in [3.8, 4) is 0 Å². The molecule has 0 aliphatic heterocycles. The Kier molecular flexibility index (Phi) is 3.79. The van der Waals surface area contributed by atoms with Crippen LogP contribution in [0.3, 0.4) is 0 Å². The van der Waals surface area contributed by atoms with Gasteiger partial charge in [0, 0.05) is 0 Å². The van der Waals surface area contributed by atoms with Gasteiger partial charge >= 0.3 is 0 Å². The second kappa shape index (κ2) is 5.71. The van der Waals surface area contributed by atoms with Crippen molar-refractivity contribution < 1.29 is 4.39 Å². The Morgan fingerprint density at radius 3 is 2.40 bits per heavy atom. The van der Waals surface area contributed by atoms with Crippen LogP contribution in [0.25, 0.3) is 0 Å². The lowest BCUT2D eigenvalue weighted by Gasteiger charge is -2.26. The number of pyridine rings is 1. The number of rotatable bonds is 4. The van der Waals surface area contributed by atoms with Gasteiger partial charge in [-0.1, -0.05) is 30.7 Å². The number of nitrogens with one attached hydrogen (secondary N) is 1. The summed E-state index contributed by atoms with van der Waals surface area (Å²) in [6, 6.07) is 11.9. The highest BCUT2D eigenvalue weighted by atomic mass is 19.1. The van der Waals surface area contributed by atoms with Crippen LogP contribution in [0.15, 0.2) is 42.6 Å². The molecule has 1 aliphatic carbocycles. The van der Waals surface area contributed by atoms with Crippen LogP contribution in [0.1, 0.15) is 48.0 Å². The van der Waals surface area contributed by atoms with Gasteiger partial charge in [-0.2, -0.15) is 0 Å². The minimum atomic E-state index is -0.302. The van der Waals surface area contributed by atoms with Crippen molar-refractivity contribution in [1.29, 1.82) is 0 Å². The van der Waals surface area contributed by atoms with E-state index >= 15 is 0 Å². The zero-order chi connectivity index (χ0) is 13.9. The van der Waals surface area contributed by atoms with Gasteiger partial charge in [-0.25, -0.2) is 4.39 Å². The quantitative estimate of drug-likeness (QED) is 0.914. The Bertz CT molecular complexity index is 559. The molecule has 3 heteroatoms. The first-order valence-electron chi connectivity index (χ1n) is 7.16. The van der Waals surface area contributed by atoms with Gasteiger partial charge in [0.25, 0.3) is 0 Å². The molecule has 2 aromatic rings. The number of benzene rings is 1. The third-order valence-corrected chi connectivity index (χ3v) is 4.18. The first-order chi connectivity index (χ1) is 9.78. The zero-order valence-electron chi connectivity index (χ0n) is 11.6. The number of nitrogens with zero attached hydrogens (tertiary/aromatic N) is 1. The van der Waals surface area contributed by atoms with Crippen molar-refractivity contribution in [2.24, 2.45) is 0 Å². The molecule has 1 aromatic carbocycles. The van der Waals surface area contributed by atoms with E-state index in [4.69, 9.17) is 0 Å². The van der Waals surface area contributed by atoms with E-state index in [-0.39, 0.29) is 11.9 Å². The Morgan fingerprint density at radius 2 is 1.90 bits per heavy atom. The topological polar surface area (TPSA) is 24.9 Å². The molecule has 0 amide bonds. The molecule has 1 fully saturated rings. The molecule has 0 spiro atoms. The van der Waals surface area contributed by atoms with Crippen LogP contribution in [-0.2, 0) is 0 Å². The summed E-state index contributed by atoms with van der Waals surface area (Å²) in [5, 5.41) is 3.25. The van der Waals surface area contributed by atoms with Gasteiger partial charge < -0.3 is 5.32 Å². The highest BCUT2D eigenvalue weighted by Gasteiger charge is 2.20. The molecule has 1 heterocycles. The maximum absolute atomic E-state index is 13.0. The average molecular weight is 270 g/mol.